The quantitative estimate of drug-likeness (QED) is 0.357. The fourth-order valence-corrected chi connectivity index (χ4v) is 4.91. The minimum atomic E-state index is -0.581. The van der Waals surface area contributed by atoms with Crippen LogP contribution < -0.4 is 16.0 Å². The molecule has 36 heavy (non-hydrogen) atoms. The number of para-hydroxylation sites is 1. The highest BCUT2D eigenvalue weighted by molar-refractivity contribution is 8.03. The molecule has 3 aromatic rings. The van der Waals surface area contributed by atoms with E-state index in [4.69, 9.17) is 11.6 Å². The van der Waals surface area contributed by atoms with Crippen molar-refractivity contribution in [2.75, 3.05) is 16.4 Å². The van der Waals surface area contributed by atoms with Gasteiger partial charge in [-0.3, -0.25) is 9.59 Å². The number of hydrogen-bond donors (Lipinski definition) is 3. The van der Waals surface area contributed by atoms with Crippen LogP contribution in [0.4, 0.5) is 11.4 Å². The van der Waals surface area contributed by atoms with Gasteiger partial charge < -0.3 is 16.0 Å². The first kappa shape index (κ1) is 25.1. The lowest BCUT2D eigenvalue weighted by Crippen LogP contribution is -2.31. The Balaban J connectivity index is 1.60. The zero-order chi connectivity index (χ0) is 25.5. The van der Waals surface area contributed by atoms with Gasteiger partial charge in [0.15, 0.2) is 0 Å². The lowest BCUT2D eigenvalue weighted by molar-refractivity contribution is -0.114. The highest BCUT2D eigenvalue weighted by Gasteiger charge is 2.34. The Kier molecular flexibility index (Phi) is 8.11. The zero-order valence-electron chi connectivity index (χ0n) is 19.4. The predicted octanol–water partition coefficient (Wildman–Crippen LogP) is 6.05. The number of nitrogens with zero attached hydrogens (tertiary/aromatic N) is 1. The van der Waals surface area contributed by atoms with Gasteiger partial charge >= 0.3 is 0 Å². The number of dihydropyridines is 1. The van der Waals surface area contributed by atoms with E-state index in [-0.39, 0.29) is 17.6 Å². The molecule has 0 radical (unpaired) electrons. The number of rotatable bonds is 7. The molecule has 0 aliphatic carbocycles. The van der Waals surface area contributed by atoms with Gasteiger partial charge in [0.1, 0.15) is 0 Å². The third-order valence-electron chi connectivity index (χ3n) is 5.53. The molecule has 0 saturated heterocycles. The lowest BCUT2D eigenvalue weighted by atomic mass is 9.82. The van der Waals surface area contributed by atoms with Crippen molar-refractivity contribution in [2.45, 2.75) is 12.8 Å². The summed E-state index contributed by atoms with van der Waals surface area (Å²) in [4.78, 5) is 26.0. The van der Waals surface area contributed by atoms with Gasteiger partial charge in [-0.05, 0) is 48.9 Å². The summed E-state index contributed by atoms with van der Waals surface area (Å²) in [5.74, 6) is -1.02. The highest BCUT2D eigenvalue weighted by atomic mass is 35.5. The molecule has 4 rings (SSSR count). The Morgan fingerprint density at radius 3 is 2.19 bits per heavy atom. The molecule has 0 spiro atoms. The summed E-state index contributed by atoms with van der Waals surface area (Å²) in [5, 5.41) is 20.3. The number of halogens is 1. The summed E-state index contributed by atoms with van der Waals surface area (Å²) in [6, 6.07) is 27.7. The van der Waals surface area contributed by atoms with Crippen molar-refractivity contribution in [3.05, 3.63) is 117 Å². The van der Waals surface area contributed by atoms with Crippen molar-refractivity contribution in [1.29, 1.82) is 5.26 Å². The van der Waals surface area contributed by atoms with Crippen LogP contribution in [0.1, 0.15) is 18.4 Å². The van der Waals surface area contributed by atoms with E-state index in [0.717, 1.165) is 5.56 Å². The fourth-order valence-electron chi connectivity index (χ4n) is 3.89. The third kappa shape index (κ3) is 5.98. The van der Waals surface area contributed by atoms with Crippen LogP contribution in [0.25, 0.3) is 0 Å². The number of nitrogens with one attached hydrogen (secondary N) is 3. The van der Waals surface area contributed by atoms with E-state index in [1.165, 1.54) is 11.8 Å². The molecule has 8 heteroatoms. The SMILES string of the molecule is CC1=C(C(=O)Nc2ccccc2)[C@@H](c2ccccc2)C(C#N)=C(SCC(=O)Nc2ccc(Cl)cc2)N1. The van der Waals surface area contributed by atoms with Crippen LogP contribution in [0.15, 0.2) is 107 Å². The van der Waals surface area contributed by atoms with Crippen LogP contribution in [0.3, 0.4) is 0 Å². The van der Waals surface area contributed by atoms with Crippen LogP contribution in [-0.4, -0.2) is 17.6 Å². The van der Waals surface area contributed by atoms with E-state index < -0.39 is 5.92 Å². The van der Waals surface area contributed by atoms with Crippen LogP contribution in [0.5, 0.6) is 0 Å². The molecule has 1 aliphatic rings. The maximum absolute atomic E-state index is 13.4. The Morgan fingerprint density at radius 1 is 0.944 bits per heavy atom. The van der Waals surface area contributed by atoms with Crippen LogP contribution in [0.2, 0.25) is 5.02 Å². The summed E-state index contributed by atoms with van der Waals surface area (Å²) in [6.07, 6.45) is 0. The number of carbonyl (C=O) groups is 2. The second kappa shape index (κ2) is 11.6. The molecular formula is C28H23ClN4O2S. The zero-order valence-corrected chi connectivity index (χ0v) is 21.0. The van der Waals surface area contributed by atoms with Crippen molar-refractivity contribution in [1.82, 2.24) is 5.32 Å². The van der Waals surface area contributed by atoms with Crippen molar-refractivity contribution >= 4 is 46.6 Å². The molecule has 3 N–H and O–H groups in total. The Hall–Kier alpha value is -3.99. The Morgan fingerprint density at radius 2 is 1.56 bits per heavy atom. The Labute approximate surface area is 219 Å². The molecule has 0 saturated carbocycles. The van der Waals surface area contributed by atoms with E-state index in [0.29, 0.717) is 38.3 Å². The van der Waals surface area contributed by atoms with Crippen LogP contribution in [0, 0.1) is 11.3 Å². The minimum absolute atomic E-state index is 0.0798. The first-order chi connectivity index (χ1) is 17.5. The monoisotopic (exact) mass is 514 g/mol. The van der Waals surface area contributed by atoms with Gasteiger partial charge in [-0.2, -0.15) is 5.26 Å². The van der Waals surface area contributed by atoms with Crippen LogP contribution in [-0.2, 0) is 9.59 Å². The predicted molar refractivity (Wildman–Crippen MR) is 145 cm³/mol. The maximum Gasteiger partial charge on any atom is 0.254 e. The molecule has 0 bridgehead atoms. The van der Waals surface area contributed by atoms with Crippen molar-refractivity contribution in [3.63, 3.8) is 0 Å². The summed E-state index contributed by atoms with van der Waals surface area (Å²) in [5.41, 5.74) is 3.57. The lowest BCUT2D eigenvalue weighted by Gasteiger charge is -2.29. The number of anilines is 2. The number of carbonyl (C=O) groups excluding carboxylic acids is 2. The minimum Gasteiger partial charge on any atom is -0.353 e. The van der Waals surface area contributed by atoms with Gasteiger partial charge in [-0.25, -0.2) is 0 Å². The van der Waals surface area contributed by atoms with Gasteiger partial charge in [-0.15, -0.1) is 0 Å². The maximum atomic E-state index is 13.4. The summed E-state index contributed by atoms with van der Waals surface area (Å²) in [6.45, 7) is 1.80. The summed E-state index contributed by atoms with van der Waals surface area (Å²) >= 11 is 7.13. The van der Waals surface area contributed by atoms with E-state index in [2.05, 4.69) is 22.0 Å². The molecule has 2 amide bonds. The molecular weight excluding hydrogens is 492 g/mol. The van der Waals surface area contributed by atoms with E-state index in [9.17, 15) is 14.9 Å². The molecule has 3 aromatic carbocycles. The van der Waals surface area contributed by atoms with E-state index in [1.54, 1.807) is 31.2 Å². The van der Waals surface area contributed by atoms with Gasteiger partial charge in [0.05, 0.1) is 28.3 Å². The van der Waals surface area contributed by atoms with E-state index in [1.807, 2.05) is 60.7 Å². The first-order valence-electron chi connectivity index (χ1n) is 11.2. The molecule has 0 fully saturated rings. The Bertz CT molecular complexity index is 1360. The molecule has 180 valence electrons. The molecule has 1 heterocycles. The normalized spacial score (nSPS) is 15.1. The number of amides is 2. The largest absolute Gasteiger partial charge is 0.353 e. The molecule has 6 nitrogen and oxygen atoms in total. The van der Waals surface area contributed by atoms with Gasteiger partial charge in [0.25, 0.3) is 5.91 Å². The molecule has 0 unspecified atom stereocenters. The summed E-state index contributed by atoms with van der Waals surface area (Å²) in [7, 11) is 0. The average Bonchev–Trinajstić information content (AvgIpc) is 2.89. The van der Waals surface area contributed by atoms with E-state index >= 15 is 0 Å². The summed E-state index contributed by atoms with van der Waals surface area (Å²) < 4.78 is 0. The molecule has 0 aromatic heterocycles. The molecule has 1 atom stereocenters. The number of nitriles is 1. The standard InChI is InChI=1S/C28H23ClN4O2S/c1-18-25(27(35)33-21-10-6-3-7-11-21)26(19-8-4-2-5-9-19)23(16-30)28(31-18)36-17-24(34)32-22-14-12-20(29)13-15-22/h2-15,26,31H,17H2,1H3,(H,32,34)(H,33,35)/t26-/m0/s1. The number of benzene rings is 3. The fraction of sp³-hybridized carbons (Fsp3) is 0.107. The van der Waals surface area contributed by atoms with Crippen molar-refractivity contribution < 1.29 is 9.59 Å². The van der Waals surface area contributed by atoms with Gasteiger partial charge in [0.2, 0.25) is 5.91 Å². The van der Waals surface area contributed by atoms with Crippen molar-refractivity contribution in [3.8, 4) is 6.07 Å². The highest BCUT2D eigenvalue weighted by Crippen LogP contribution is 2.40. The smallest absolute Gasteiger partial charge is 0.254 e. The number of hydrogen-bond acceptors (Lipinski definition) is 5. The third-order valence-corrected chi connectivity index (χ3v) is 6.80. The molecule has 1 aliphatic heterocycles. The van der Waals surface area contributed by atoms with Gasteiger partial charge in [-0.1, -0.05) is 71.9 Å². The first-order valence-corrected chi connectivity index (χ1v) is 12.5. The topological polar surface area (TPSA) is 94.0 Å². The average molecular weight is 515 g/mol. The van der Waals surface area contributed by atoms with Crippen LogP contribution >= 0.6 is 23.4 Å². The number of thioether (sulfide) groups is 1. The van der Waals surface area contributed by atoms with Gasteiger partial charge in [0, 0.05) is 27.7 Å². The van der Waals surface area contributed by atoms with Crippen molar-refractivity contribution in [2.24, 2.45) is 0 Å². The second-order valence-electron chi connectivity index (χ2n) is 8.03. The number of allylic oxidation sites excluding steroid dienone is 2. The second-order valence-corrected chi connectivity index (χ2v) is 9.45.